The number of benzene rings is 4. The molecular weight excluding hydrogens is 686 g/mol. The van der Waals surface area contributed by atoms with Gasteiger partial charge in [0.15, 0.2) is 0 Å². The average molecular weight is 728 g/mol. The molecule has 2 saturated heterocycles. The van der Waals surface area contributed by atoms with Crippen LogP contribution in [0.4, 0.5) is 5.69 Å². The number of likely N-dealkylation sites (tertiary alicyclic amines) is 1. The quantitative estimate of drug-likeness (QED) is 0.147. The molecule has 54 heavy (non-hydrogen) atoms. The molecule has 1 saturated carbocycles. The summed E-state index contributed by atoms with van der Waals surface area (Å²) in [6, 6.07) is 26.2. The van der Waals surface area contributed by atoms with Crippen LogP contribution in [0.15, 0.2) is 103 Å². The summed E-state index contributed by atoms with van der Waals surface area (Å²) in [7, 11) is 2.93. The van der Waals surface area contributed by atoms with Crippen LogP contribution in [0.2, 0.25) is 0 Å². The number of allylic oxidation sites excluding steroid dienone is 2. The van der Waals surface area contributed by atoms with Crippen LogP contribution in [0.5, 0.6) is 23.0 Å². The zero-order valence-corrected chi connectivity index (χ0v) is 30.2. The van der Waals surface area contributed by atoms with Gasteiger partial charge in [0, 0.05) is 30.2 Å². The Labute approximate surface area is 312 Å². The zero-order chi connectivity index (χ0) is 37.9. The smallest absolute Gasteiger partial charge is 0.260 e. The predicted octanol–water partition coefficient (Wildman–Crippen LogP) is 5.65. The molecule has 3 fully saturated rings. The molecule has 3 N–H and O–H groups in total. The van der Waals surface area contributed by atoms with Crippen molar-refractivity contribution in [3.05, 3.63) is 125 Å². The van der Waals surface area contributed by atoms with Crippen molar-refractivity contribution in [2.24, 2.45) is 23.7 Å². The molecule has 0 unspecified atom stereocenters. The normalized spacial score (nSPS) is 25.9. The van der Waals surface area contributed by atoms with Gasteiger partial charge in [0.05, 0.1) is 43.1 Å². The maximum atomic E-state index is 15.4. The van der Waals surface area contributed by atoms with Crippen molar-refractivity contribution in [2.75, 3.05) is 26.2 Å². The molecule has 0 radical (unpaired) electrons. The largest absolute Gasteiger partial charge is 0.508 e. The minimum Gasteiger partial charge on any atom is -0.508 e. The summed E-state index contributed by atoms with van der Waals surface area (Å²) < 4.78 is 11.8. The molecule has 6 atom stereocenters. The first-order valence-corrected chi connectivity index (χ1v) is 18.1. The van der Waals surface area contributed by atoms with Crippen molar-refractivity contribution in [3.8, 4) is 23.0 Å². The Kier molecular flexibility index (Phi) is 8.67. The van der Waals surface area contributed by atoms with Crippen LogP contribution in [0.25, 0.3) is 0 Å². The van der Waals surface area contributed by atoms with E-state index in [1.807, 2.05) is 55.5 Å². The number of phenolic OH excluding ortho intramolecular Hbond substituents is 2. The number of anilines is 1. The van der Waals surface area contributed by atoms with Crippen molar-refractivity contribution in [1.29, 1.82) is 0 Å². The topological polar surface area (TPSA) is 146 Å². The van der Waals surface area contributed by atoms with E-state index in [2.05, 4.69) is 5.43 Å². The summed E-state index contributed by atoms with van der Waals surface area (Å²) in [5.41, 5.74) is 5.83. The van der Waals surface area contributed by atoms with E-state index in [0.29, 0.717) is 23.2 Å². The number of carbonyl (C=O) groups is 4. The van der Waals surface area contributed by atoms with Gasteiger partial charge in [0.2, 0.25) is 11.8 Å². The lowest BCUT2D eigenvalue weighted by Gasteiger charge is -2.51. The number of hydrogen-bond donors (Lipinski definition) is 3. The predicted molar refractivity (Wildman–Crippen MR) is 199 cm³/mol. The lowest BCUT2D eigenvalue weighted by molar-refractivity contribution is -0.141. The fourth-order valence-corrected chi connectivity index (χ4v) is 9.46. The molecule has 2 aliphatic heterocycles. The first kappa shape index (κ1) is 35.0. The highest BCUT2D eigenvalue weighted by molar-refractivity contribution is 6.13. The van der Waals surface area contributed by atoms with E-state index in [9.17, 15) is 24.6 Å². The molecule has 11 heteroatoms. The summed E-state index contributed by atoms with van der Waals surface area (Å²) >= 11 is 0. The third-order valence-corrected chi connectivity index (χ3v) is 11.9. The number of hydrogen-bond acceptors (Lipinski definition) is 9. The van der Waals surface area contributed by atoms with Crippen molar-refractivity contribution in [2.45, 2.75) is 37.5 Å². The number of nitrogens with zero attached hydrogens (tertiary/aromatic N) is 2. The van der Waals surface area contributed by atoms with Gasteiger partial charge < -0.3 is 19.7 Å². The minimum absolute atomic E-state index is 0.111. The van der Waals surface area contributed by atoms with Gasteiger partial charge in [-0.15, -0.1) is 0 Å². The van der Waals surface area contributed by atoms with Crippen LogP contribution >= 0.6 is 0 Å². The van der Waals surface area contributed by atoms with E-state index >= 15 is 4.79 Å². The molecule has 4 aromatic rings. The Balaban J connectivity index is 1.30. The molecule has 0 aromatic heterocycles. The third kappa shape index (κ3) is 5.32. The van der Waals surface area contributed by atoms with Crippen LogP contribution in [0, 0.1) is 30.6 Å². The standard InChI is InChI=1S/C43H41N3O8/c1-24-9-13-27(14-10-24)44-46-40(50)33-23-32-30(17-18-31-36(32)41(51)45(39(31)49)20-19-25-11-15-28(47)16-12-25)38(37-34(53-2)21-29(48)22-35(37)54-3)43(33,42(46)52)26-7-5-4-6-8-26/h4-17,21-22,31-33,36,38,44,47-48H,18-20,23H2,1-3H3/t31-,32+,33-,36-,38+,43+/m0/s1. The number of phenols is 2. The van der Waals surface area contributed by atoms with Crippen LogP contribution in [-0.4, -0.2) is 64.5 Å². The van der Waals surface area contributed by atoms with Crippen LogP contribution in [-0.2, 0) is 31.0 Å². The van der Waals surface area contributed by atoms with Gasteiger partial charge in [0.1, 0.15) is 23.0 Å². The van der Waals surface area contributed by atoms with Crippen LogP contribution in [0.3, 0.4) is 0 Å². The number of nitrogens with one attached hydrogen (secondary N) is 1. The van der Waals surface area contributed by atoms with Crippen LogP contribution < -0.4 is 14.9 Å². The van der Waals surface area contributed by atoms with E-state index in [1.54, 1.807) is 36.4 Å². The van der Waals surface area contributed by atoms with Crippen molar-refractivity contribution in [3.63, 3.8) is 0 Å². The lowest BCUT2D eigenvalue weighted by atomic mass is 9.49. The summed E-state index contributed by atoms with van der Waals surface area (Å²) in [5, 5.41) is 21.6. The van der Waals surface area contributed by atoms with Gasteiger partial charge in [-0.3, -0.25) is 29.5 Å². The lowest BCUT2D eigenvalue weighted by Crippen LogP contribution is -2.53. The second-order valence-electron chi connectivity index (χ2n) is 14.6. The second kappa shape index (κ2) is 13.4. The number of rotatable bonds is 9. The first-order chi connectivity index (χ1) is 26.1. The fourth-order valence-electron chi connectivity index (χ4n) is 9.46. The molecule has 11 nitrogen and oxygen atoms in total. The number of methoxy groups -OCH3 is 2. The minimum atomic E-state index is -1.53. The van der Waals surface area contributed by atoms with E-state index in [0.717, 1.165) is 21.7 Å². The number of carbonyl (C=O) groups excluding carboxylic acids is 4. The van der Waals surface area contributed by atoms with Gasteiger partial charge in [-0.2, -0.15) is 5.01 Å². The number of imide groups is 2. The Hall–Kier alpha value is -6.10. The molecule has 2 heterocycles. The fraction of sp³-hybridized carbons (Fsp3) is 0.302. The molecule has 4 aromatic carbocycles. The zero-order valence-electron chi connectivity index (χ0n) is 30.2. The van der Waals surface area contributed by atoms with E-state index < -0.39 is 46.8 Å². The molecule has 276 valence electrons. The highest BCUT2D eigenvalue weighted by Gasteiger charge is 2.71. The highest BCUT2D eigenvalue weighted by Crippen LogP contribution is 2.66. The maximum Gasteiger partial charge on any atom is 0.260 e. The number of aryl methyl sites for hydroxylation is 1. The van der Waals surface area contributed by atoms with Crippen molar-refractivity contribution in [1.82, 2.24) is 9.91 Å². The Morgan fingerprint density at radius 3 is 2.11 bits per heavy atom. The monoisotopic (exact) mass is 727 g/mol. The molecule has 8 rings (SSSR count). The van der Waals surface area contributed by atoms with Gasteiger partial charge in [0.25, 0.3) is 11.8 Å². The molecule has 4 amide bonds. The number of hydrazine groups is 1. The Bertz CT molecular complexity index is 2160. The highest BCUT2D eigenvalue weighted by atomic mass is 16.5. The van der Waals surface area contributed by atoms with E-state index in [4.69, 9.17) is 9.47 Å². The number of ether oxygens (including phenoxy) is 2. The molecule has 0 bridgehead atoms. The summed E-state index contributed by atoms with van der Waals surface area (Å²) in [6.45, 7) is 2.12. The summed E-state index contributed by atoms with van der Waals surface area (Å²) in [6.07, 6.45) is 2.80. The van der Waals surface area contributed by atoms with Gasteiger partial charge >= 0.3 is 0 Å². The van der Waals surface area contributed by atoms with Crippen molar-refractivity contribution >= 4 is 29.3 Å². The number of fused-ring (bicyclic) bond motifs is 4. The molecule has 0 spiro atoms. The van der Waals surface area contributed by atoms with E-state index in [-0.39, 0.29) is 54.2 Å². The summed E-state index contributed by atoms with van der Waals surface area (Å²) in [4.78, 5) is 60.3. The molecule has 2 aliphatic carbocycles. The SMILES string of the molecule is COc1cc(O)cc(OC)c1[C@H]1C2=CC[C@@H]3C(=O)N(CCc4ccc(O)cc4)C(=O)[C@@H]3[C@@H]2C[C@H]2C(=O)N(Nc3ccc(C)cc3)C(=O)[C@@]12c1ccccc1. The maximum absolute atomic E-state index is 15.4. The van der Waals surface area contributed by atoms with Gasteiger partial charge in [-0.25, -0.2) is 0 Å². The van der Waals surface area contributed by atoms with Crippen molar-refractivity contribution < 1.29 is 38.9 Å². The second-order valence-corrected chi connectivity index (χ2v) is 14.6. The van der Waals surface area contributed by atoms with E-state index in [1.165, 1.54) is 31.3 Å². The average Bonchev–Trinajstić information content (AvgIpc) is 3.55. The van der Waals surface area contributed by atoms with Gasteiger partial charge in [-0.1, -0.05) is 71.8 Å². The Morgan fingerprint density at radius 1 is 0.796 bits per heavy atom. The summed E-state index contributed by atoms with van der Waals surface area (Å²) in [5.74, 6) is -4.79. The molecular formula is C43H41N3O8. The Morgan fingerprint density at radius 2 is 1.46 bits per heavy atom. The van der Waals surface area contributed by atoms with Crippen LogP contribution in [0.1, 0.15) is 41.0 Å². The third-order valence-electron chi connectivity index (χ3n) is 11.9. The number of amides is 4. The first-order valence-electron chi connectivity index (χ1n) is 18.1. The van der Waals surface area contributed by atoms with Gasteiger partial charge in [-0.05, 0) is 67.5 Å². The molecule has 4 aliphatic rings. The number of aromatic hydroxyl groups is 2.